The molecule has 2 aliphatic rings. The second kappa shape index (κ2) is 4.66. The molecule has 1 aromatic rings. The lowest BCUT2D eigenvalue weighted by molar-refractivity contribution is -0.145. The maximum atomic E-state index is 12.3. The Bertz CT molecular complexity index is 498. The lowest BCUT2D eigenvalue weighted by Gasteiger charge is -2.32. The number of piperazine rings is 1. The maximum absolute atomic E-state index is 12.3. The van der Waals surface area contributed by atoms with Gasteiger partial charge >= 0.3 is 0 Å². The van der Waals surface area contributed by atoms with Gasteiger partial charge in [0.2, 0.25) is 11.8 Å². The van der Waals surface area contributed by atoms with Gasteiger partial charge < -0.3 is 10.2 Å². The van der Waals surface area contributed by atoms with Gasteiger partial charge in [-0.3, -0.25) is 9.59 Å². The first-order chi connectivity index (χ1) is 8.65. The van der Waals surface area contributed by atoms with Crippen molar-refractivity contribution in [1.29, 1.82) is 0 Å². The van der Waals surface area contributed by atoms with Gasteiger partial charge in [-0.1, -0.05) is 0 Å². The Hall–Kier alpha value is -0.880. The number of halogens is 1. The van der Waals surface area contributed by atoms with Crippen LogP contribution in [0, 0.1) is 5.92 Å². The summed E-state index contributed by atoms with van der Waals surface area (Å²) in [5.74, 6) is 0.382. The van der Waals surface area contributed by atoms with Crippen molar-refractivity contribution >= 4 is 39.1 Å². The van der Waals surface area contributed by atoms with Gasteiger partial charge in [-0.05, 0) is 46.1 Å². The van der Waals surface area contributed by atoms with Crippen molar-refractivity contribution in [1.82, 2.24) is 10.2 Å². The van der Waals surface area contributed by atoms with Crippen LogP contribution in [0.5, 0.6) is 0 Å². The van der Waals surface area contributed by atoms with Crippen molar-refractivity contribution in [2.24, 2.45) is 5.92 Å². The highest BCUT2D eigenvalue weighted by Gasteiger charge is 2.42. The van der Waals surface area contributed by atoms with E-state index in [9.17, 15) is 9.59 Å². The van der Waals surface area contributed by atoms with Crippen molar-refractivity contribution in [2.45, 2.75) is 25.4 Å². The summed E-state index contributed by atoms with van der Waals surface area (Å²) in [5.41, 5.74) is 0. The number of amides is 2. The van der Waals surface area contributed by atoms with Crippen molar-refractivity contribution in [3.8, 4) is 0 Å². The van der Waals surface area contributed by atoms with E-state index in [1.165, 1.54) is 0 Å². The lowest BCUT2D eigenvalue weighted by Crippen LogP contribution is -2.58. The molecule has 6 heteroatoms. The van der Waals surface area contributed by atoms with E-state index < -0.39 is 0 Å². The predicted octanol–water partition coefficient (Wildman–Crippen LogP) is 1.75. The lowest BCUT2D eigenvalue weighted by atomic mass is 10.1. The third-order valence-electron chi connectivity index (χ3n) is 3.35. The summed E-state index contributed by atoms with van der Waals surface area (Å²) in [5, 5.41) is 4.79. The molecule has 96 valence electrons. The van der Waals surface area contributed by atoms with E-state index in [2.05, 4.69) is 21.2 Å². The molecule has 1 aliphatic carbocycles. The Morgan fingerprint density at radius 3 is 2.83 bits per heavy atom. The third-order valence-corrected chi connectivity index (χ3v) is 5.26. The number of hydrogen-bond acceptors (Lipinski definition) is 3. The van der Waals surface area contributed by atoms with Crippen molar-refractivity contribution in [2.75, 3.05) is 6.54 Å². The van der Waals surface area contributed by atoms with Gasteiger partial charge in [-0.15, -0.1) is 11.3 Å². The Morgan fingerprint density at radius 2 is 2.22 bits per heavy atom. The molecule has 4 nitrogen and oxygen atoms in total. The fourth-order valence-electron chi connectivity index (χ4n) is 2.22. The number of nitrogens with one attached hydrogen (secondary N) is 1. The van der Waals surface area contributed by atoms with Gasteiger partial charge in [0.1, 0.15) is 6.04 Å². The fraction of sp³-hybridized carbons (Fsp3) is 0.500. The molecule has 1 saturated heterocycles. The highest BCUT2D eigenvalue weighted by molar-refractivity contribution is 9.10. The maximum Gasteiger partial charge on any atom is 0.246 e. The van der Waals surface area contributed by atoms with E-state index >= 15 is 0 Å². The molecule has 0 spiro atoms. The predicted molar refractivity (Wildman–Crippen MR) is 72.1 cm³/mol. The number of nitrogens with zero attached hydrogens (tertiary/aromatic N) is 1. The topological polar surface area (TPSA) is 49.4 Å². The van der Waals surface area contributed by atoms with Crippen molar-refractivity contribution in [3.05, 3.63) is 20.8 Å². The molecular weight excluding hydrogens is 316 g/mol. The molecule has 2 amide bonds. The van der Waals surface area contributed by atoms with Crippen LogP contribution in [0.4, 0.5) is 0 Å². The molecule has 1 aromatic heterocycles. The minimum Gasteiger partial charge on any atom is -0.342 e. The first-order valence-corrected chi connectivity index (χ1v) is 7.62. The van der Waals surface area contributed by atoms with E-state index in [1.807, 2.05) is 11.4 Å². The zero-order valence-corrected chi connectivity index (χ0v) is 12.1. The van der Waals surface area contributed by atoms with E-state index in [0.717, 1.165) is 22.2 Å². The van der Waals surface area contributed by atoms with Gasteiger partial charge in [0.15, 0.2) is 0 Å². The normalized spacial score (nSPS) is 24.3. The summed E-state index contributed by atoms with van der Waals surface area (Å²) >= 11 is 5.06. The fourth-order valence-corrected chi connectivity index (χ4v) is 3.72. The van der Waals surface area contributed by atoms with Crippen molar-refractivity contribution < 1.29 is 9.59 Å². The summed E-state index contributed by atoms with van der Waals surface area (Å²) in [6.45, 7) is 0.695. The number of rotatable bonds is 3. The summed E-state index contributed by atoms with van der Waals surface area (Å²) in [4.78, 5) is 26.7. The summed E-state index contributed by atoms with van der Waals surface area (Å²) in [6.07, 6.45) is 2.10. The van der Waals surface area contributed by atoms with E-state index in [0.29, 0.717) is 12.5 Å². The molecule has 18 heavy (non-hydrogen) atoms. The van der Waals surface area contributed by atoms with Crippen LogP contribution < -0.4 is 5.32 Å². The quantitative estimate of drug-likeness (QED) is 0.918. The van der Waals surface area contributed by atoms with E-state index in [4.69, 9.17) is 0 Å². The average molecular weight is 329 g/mol. The van der Waals surface area contributed by atoms with Gasteiger partial charge in [-0.25, -0.2) is 0 Å². The minimum atomic E-state index is -0.287. The Morgan fingerprint density at radius 1 is 1.44 bits per heavy atom. The van der Waals surface area contributed by atoms with Crippen LogP contribution >= 0.6 is 27.3 Å². The highest BCUT2D eigenvalue weighted by atomic mass is 79.9. The Kier molecular flexibility index (Phi) is 3.15. The van der Waals surface area contributed by atoms with E-state index in [1.54, 1.807) is 16.2 Å². The zero-order valence-electron chi connectivity index (χ0n) is 9.69. The van der Waals surface area contributed by atoms with Gasteiger partial charge in [0.25, 0.3) is 0 Å². The van der Waals surface area contributed by atoms with Gasteiger partial charge in [0, 0.05) is 9.35 Å². The van der Waals surface area contributed by atoms with Crippen LogP contribution in [0.2, 0.25) is 0 Å². The molecular formula is C12H13BrN2O2S. The van der Waals surface area contributed by atoms with Crippen LogP contribution in [0.3, 0.4) is 0 Å². The summed E-state index contributed by atoms with van der Waals surface area (Å²) < 4.78 is 1.01. The molecule has 0 radical (unpaired) electrons. The second-order valence-corrected chi connectivity index (χ2v) is 6.62. The number of carbonyl (C=O) groups excluding carboxylic acids is 2. The van der Waals surface area contributed by atoms with Crippen molar-refractivity contribution in [3.63, 3.8) is 0 Å². The smallest absolute Gasteiger partial charge is 0.246 e. The summed E-state index contributed by atoms with van der Waals surface area (Å²) in [6, 6.07) is 1.68. The monoisotopic (exact) mass is 328 g/mol. The Balaban J connectivity index is 1.76. The molecule has 1 atom stereocenters. The van der Waals surface area contributed by atoms with Crippen LogP contribution in [0.15, 0.2) is 15.9 Å². The van der Waals surface area contributed by atoms with Gasteiger partial charge in [-0.2, -0.15) is 0 Å². The molecule has 1 aliphatic heterocycles. The van der Waals surface area contributed by atoms with Crippen LogP contribution in [-0.2, 0) is 16.1 Å². The summed E-state index contributed by atoms with van der Waals surface area (Å²) in [7, 11) is 0. The molecule has 0 aromatic carbocycles. The Labute approximate surface area is 117 Å². The first kappa shape index (κ1) is 12.2. The number of carbonyl (C=O) groups is 2. The SMILES string of the molecule is O=C1CN(Cc2sccc2Br)C(=O)C(C2CC2)N1. The van der Waals surface area contributed by atoms with Crippen LogP contribution in [-0.4, -0.2) is 29.3 Å². The number of thiophene rings is 1. The zero-order chi connectivity index (χ0) is 12.7. The minimum absolute atomic E-state index is 0.0424. The number of hydrogen-bond donors (Lipinski definition) is 1. The molecule has 0 bridgehead atoms. The average Bonchev–Trinajstić information content (AvgIpc) is 3.09. The molecule has 3 rings (SSSR count). The van der Waals surface area contributed by atoms with Crippen LogP contribution in [0.25, 0.3) is 0 Å². The van der Waals surface area contributed by atoms with Gasteiger partial charge in [0.05, 0.1) is 13.1 Å². The second-order valence-electron chi connectivity index (χ2n) is 4.77. The van der Waals surface area contributed by atoms with E-state index in [-0.39, 0.29) is 24.4 Å². The molecule has 2 fully saturated rings. The van der Waals surface area contributed by atoms with Crippen LogP contribution in [0.1, 0.15) is 17.7 Å². The third kappa shape index (κ3) is 2.31. The first-order valence-electron chi connectivity index (χ1n) is 5.95. The molecule has 2 heterocycles. The highest BCUT2D eigenvalue weighted by Crippen LogP contribution is 2.35. The molecule has 1 unspecified atom stereocenters. The molecule has 1 saturated carbocycles. The molecule has 1 N–H and O–H groups in total. The standard InChI is InChI=1S/C12H13BrN2O2S/c13-8-3-4-18-9(8)5-15-6-10(16)14-11(12(15)17)7-1-2-7/h3-4,7,11H,1-2,5-6H2,(H,14,16). The largest absolute Gasteiger partial charge is 0.342 e.